The first-order chi connectivity index (χ1) is 12.0. The summed E-state index contributed by atoms with van der Waals surface area (Å²) in [5.41, 5.74) is 1.36. The molecule has 0 saturated carbocycles. The molecule has 25 heavy (non-hydrogen) atoms. The number of benzene rings is 2. The third-order valence-electron chi connectivity index (χ3n) is 4.39. The smallest absolute Gasteiger partial charge is 0.276 e. The molecule has 0 aliphatic carbocycles. The molecule has 0 unspecified atom stereocenters. The highest BCUT2D eigenvalue weighted by atomic mass is 32.1. The van der Waals surface area contributed by atoms with Crippen LogP contribution in [0.15, 0.2) is 36.0 Å². The van der Waals surface area contributed by atoms with E-state index in [4.69, 9.17) is 21.7 Å². The van der Waals surface area contributed by atoms with Crippen LogP contribution in [0.25, 0.3) is 16.8 Å². The zero-order valence-electron chi connectivity index (χ0n) is 14.7. The second-order valence-corrected chi connectivity index (χ2v) is 6.05. The Kier molecular flexibility index (Phi) is 4.63. The molecule has 1 amide bonds. The number of ether oxygens (including phenoxy) is 2. The first-order valence-corrected chi connectivity index (χ1v) is 8.38. The standard InChI is InChI=1S/C19H20N2O3S/c1-5-21-18(22)16(20(2)19(21)25)11-15-14-10-13(23-3)8-6-12(14)7-9-17(15)24-4/h6-11H,5H2,1-4H3/b16-11+. The summed E-state index contributed by atoms with van der Waals surface area (Å²) in [5.74, 6) is 1.34. The average molecular weight is 356 g/mol. The molecular formula is C19H20N2O3S. The van der Waals surface area contributed by atoms with Gasteiger partial charge < -0.3 is 14.4 Å². The van der Waals surface area contributed by atoms with Crippen molar-refractivity contribution in [2.45, 2.75) is 6.92 Å². The largest absolute Gasteiger partial charge is 0.497 e. The monoisotopic (exact) mass is 356 g/mol. The van der Waals surface area contributed by atoms with Gasteiger partial charge in [-0.2, -0.15) is 0 Å². The Morgan fingerprint density at radius 1 is 1.16 bits per heavy atom. The third-order valence-corrected chi connectivity index (χ3v) is 4.89. The Bertz CT molecular complexity index is 886. The van der Waals surface area contributed by atoms with Crippen LogP contribution >= 0.6 is 12.2 Å². The maximum atomic E-state index is 12.7. The van der Waals surface area contributed by atoms with Crippen LogP contribution < -0.4 is 9.47 Å². The van der Waals surface area contributed by atoms with Gasteiger partial charge >= 0.3 is 0 Å². The topological polar surface area (TPSA) is 42.0 Å². The fourth-order valence-electron chi connectivity index (χ4n) is 2.98. The van der Waals surface area contributed by atoms with Crippen LogP contribution in [0.3, 0.4) is 0 Å². The quantitative estimate of drug-likeness (QED) is 0.621. The minimum Gasteiger partial charge on any atom is -0.497 e. The molecular weight excluding hydrogens is 336 g/mol. The number of rotatable bonds is 4. The van der Waals surface area contributed by atoms with Gasteiger partial charge in [0.05, 0.1) is 14.2 Å². The summed E-state index contributed by atoms with van der Waals surface area (Å²) < 4.78 is 10.9. The number of methoxy groups -OCH3 is 2. The Morgan fingerprint density at radius 2 is 1.88 bits per heavy atom. The molecule has 0 N–H and O–H groups in total. The lowest BCUT2D eigenvalue weighted by molar-refractivity contribution is -0.122. The van der Waals surface area contributed by atoms with Crippen molar-refractivity contribution >= 4 is 40.1 Å². The molecule has 1 aliphatic heterocycles. The van der Waals surface area contributed by atoms with E-state index in [-0.39, 0.29) is 5.91 Å². The number of thiocarbonyl (C=S) groups is 1. The van der Waals surface area contributed by atoms with E-state index in [0.29, 0.717) is 23.1 Å². The van der Waals surface area contributed by atoms with Crippen LogP contribution in [-0.2, 0) is 4.79 Å². The highest BCUT2D eigenvalue weighted by Crippen LogP contribution is 2.34. The van der Waals surface area contributed by atoms with Crippen molar-refractivity contribution < 1.29 is 14.3 Å². The SMILES string of the molecule is CCN1C(=O)/C(=C\c2c(OC)ccc3ccc(OC)cc23)N(C)C1=S. The van der Waals surface area contributed by atoms with Gasteiger partial charge in [-0.05, 0) is 54.2 Å². The van der Waals surface area contributed by atoms with E-state index in [9.17, 15) is 4.79 Å². The van der Waals surface area contributed by atoms with Gasteiger partial charge in [0.2, 0.25) is 0 Å². The second-order valence-electron chi connectivity index (χ2n) is 5.69. The Labute approximate surface area is 152 Å². The van der Waals surface area contributed by atoms with Gasteiger partial charge in [0, 0.05) is 19.2 Å². The predicted molar refractivity (Wildman–Crippen MR) is 103 cm³/mol. The van der Waals surface area contributed by atoms with Crippen LogP contribution in [0, 0.1) is 0 Å². The minimum atomic E-state index is -0.100. The van der Waals surface area contributed by atoms with Crippen LogP contribution in [0.4, 0.5) is 0 Å². The van der Waals surface area contributed by atoms with Gasteiger partial charge in [-0.1, -0.05) is 12.1 Å². The van der Waals surface area contributed by atoms with Crippen molar-refractivity contribution in [2.75, 3.05) is 27.8 Å². The number of hydrogen-bond donors (Lipinski definition) is 0. The van der Waals surface area contributed by atoms with Crippen molar-refractivity contribution in [3.05, 3.63) is 41.6 Å². The summed E-state index contributed by atoms with van der Waals surface area (Å²) in [6.07, 6.45) is 1.84. The number of carbonyl (C=O) groups excluding carboxylic acids is 1. The highest BCUT2D eigenvalue weighted by Gasteiger charge is 2.34. The molecule has 130 valence electrons. The summed E-state index contributed by atoms with van der Waals surface area (Å²) in [6, 6.07) is 9.72. The molecule has 0 spiro atoms. The number of fused-ring (bicyclic) bond motifs is 1. The summed E-state index contributed by atoms with van der Waals surface area (Å²) in [7, 11) is 5.05. The van der Waals surface area contributed by atoms with Gasteiger partial charge in [0.25, 0.3) is 5.91 Å². The fourth-order valence-corrected chi connectivity index (χ4v) is 3.29. The first-order valence-electron chi connectivity index (χ1n) is 7.97. The third kappa shape index (κ3) is 2.82. The van der Waals surface area contributed by atoms with E-state index in [1.807, 2.05) is 43.3 Å². The van der Waals surface area contributed by atoms with Crippen LogP contribution in [-0.4, -0.2) is 48.6 Å². The summed E-state index contributed by atoms with van der Waals surface area (Å²) in [5, 5.41) is 2.50. The number of hydrogen-bond acceptors (Lipinski definition) is 4. The molecule has 1 heterocycles. The molecule has 1 saturated heterocycles. The van der Waals surface area contributed by atoms with E-state index in [2.05, 4.69) is 0 Å². The summed E-state index contributed by atoms with van der Waals surface area (Å²) in [4.78, 5) is 16.0. The average Bonchev–Trinajstić information content (AvgIpc) is 2.84. The lowest BCUT2D eigenvalue weighted by Crippen LogP contribution is -2.30. The van der Waals surface area contributed by atoms with Gasteiger partial charge in [-0.25, -0.2) is 0 Å². The molecule has 2 aromatic rings. The molecule has 0 atom stereocenters. The van der Waals surface area contributed by atoms with Gasteiger partial charge in [0.15, 0.2) is 5.11 Å². The van der Waals surface area contributed by atoms with Gasteiger partial charge in [-0.3, -0.25) is 9.69 Å². The normalized spacial score (nSPS) is 16.2. The molecule has 6 heteroatoms. The fraction of sp³-hybridized carbons (Fsp3) is 0.263. The molecule has 0 radical (unpaired) electrons. The number of amides is 1. The lowest BCUT2D eigenvalue weighted by atomic mass is 10.0. The van der Waals surface area contributed by atoms with Crippen LogP contribution in [0.1, 0.15) is 12.5 Å². The zero-order valence-corrected chi connectivity index (χ0v) is 15.5. The van der Waals surface area contributed by atoms with Gasteiger partial charge in [-0.15, -0.1) is 0 Å². The van der Waals surface area contributed by atoms with Crippen molar-refractivity contribution in [1.29, 1.82) is 0 Å². The highest BCUT2D eigenvalue weighted by molar-refractivity contribution is 7.80. The van der Waals surface area contributed by atoms with Crippen molar-refractivity contribution in [3.8, 4) is 11.5 Å². The Hall–Kier alpha value is -2.60. The molecule has 3 rings (SSSR count). The van der Waals surface area contributed by atoms with E-state index in [1.165, 1.54) is 0 Å². The zero-order chi connectivity index (χ0) is 18.1. The lowest BCUT2D eigenvalue weighted by Gasteiger charge is -2.14. The van der Waals surface area contributed by atoms with Crippen molar-refractivity contribution in [1.82, 2.24) is 9.80 Å². The minimum absolute atomic E-state index is 0.100. The molecule has 1 fully saturated rings. The second kappa shape index (κ2) is 6.72. The molecule has 1 aliphatic rings. The Morgan fingerprint density at radius 3 is 2.48 bits per heavy atom. The van der Waals surface area contributed by atoms with Gasteiger partial charge in [0.1, 0.15) is 17.2 Å². The molecule has 0 aromatic heterocycles. The maximum Gasteiger partial charge on any atom is 0.276 e. The molecule has 2 aromatic carbocycles. The van der Waals surface area contributed by atoms with Crippen LogP contribution in [0.5, 0.6) is 11.5 Å². The maximum absolute atomic E-state index is 12.7. The summed E-state index contributed by atoms with van der Waals surface area (Å²) >= 11 is 5.37. The van der Waals surface area contributed by atoms with Crippen molar-refractivity contribution in [2.24, 2.45) is 0 Å². The van der Waals surface area contributed by atoms with Crippen LogP contribution in [0.2, 0.25) is 0 Å². The Balaban J connectivity index is 2.23. The van der Waals surface area contributed by atoms with E-state index in [1.54, 1.807) is 31.1 Å². The van der Waals surface area contributed by atoms with E-state index >= 15 is 0 Å². The van der Waals surface area contributed by atoms with E-state index < -0.39 is 0 Å². The number of carbonyl (C=O) groups is 1. The summed E-state index contributed by atoms with van der Waals surface area (Å²) in [6.45, 7) is 2.45. The number of nitrogens with zero attached hydrogens (tertiary/aromatic N) is 2. The predicted octanol–water partition coefficient (Wildman–Crippen LogP) is 3.28. The molecule has 0 bridgehead atoms. The van der Waals surface area contributed by atoms with E-state index in [0.717, 1.165) is 22.1 Å². The number of likely N-dealkylation sites (N-methyl/N-ethyl adjacent to an activating group) is 2. The van der Waals surface area contributed by atoms with Crippen molar-refractivity contribution in [3.63, 3.8) is 0 Å². The molecule has 5 nitrogen and oxygen atoms in total. The first kappa shape index (κ1) is 17.2.